The Morgan fingerprint density at radius 3 is 2.81 bits per heavy atom. The van der Waals surface area contributed by atoms with Crippen LogP contribution in [-0.4, -0.2) is 56.3 Å². The van der Waals surface area contributed by atoms with Gasteiger partial charge in [-0.1, -0.05) is 12.1 Å². The van der Waals surface area contributed by atoms with Crippen LogP contribution in [0, 0.1) is 6.92 Å². The molecule has 0 spiro atoms. The lowest BCUT2D eigenvalue weighted by Gasteiger charge is -2.19. The van der Waals surface area contributed by atoms with E-state index in [1.165, 1.54) is 6.33 Å². The van der Waals surface area contributed by atoms with Gasteiger partial charge in [-0.05, 0) is 25.1 Å². The van der Waals surface area contributed by atoms with E-state index in [1.54, 1.807) is 13.3 Å². The number of para-hydroxylation sites is 1. The van der Waals surface area contributed by atoms with Gasteiger partial charge in [0.1, 0.15) is 36.0 Å². The number of benzene rings is 1. The van der Waals surface area contributed by atoms with Gasteiger partial charge < -0.3 is 19.5 Å². The summed E-state index contributed by atoms with van der Waals surface area (Å²) in [7, 11) is 1.70. The number of rotatable bonds is 4. The van der Waals surface area contributed by atoms with Crippen molar-refractivity contribution in [1.82, 2.24) is 14.5 Å². The van der Waals surface area contributed by atoms with Crippen LogP contribution in [0.15, 0.2) is 47.8 Å². The highest BCUT2D eigenvalue weighted by molar-refractivity contribution is 5.83. The van der Waals surface area contributed by atoms with Crippen LogP contribution in [0.5, 0.6) is 5.75 Å². The molecule has 140 valence electrons. The van der Waals surface area contributed by atoms with E-state index in [4.69, 9.17) is 4.74 Å². The van der Waals surface area contributed by atoms with Gasteiger partial charge in [-0.2, -0.15) is 0 Å². The molecule has 2 heterocycles. The van der Waals surface area contributed by atoms with E-state index in [9.17, 15) is 10.2 Å². The molecule has 0 aliphatic heterocycles. The zero-order valence-electron chi connectivity index (χ0n) is 15.2. The molecule has 1 saturated carbocycles. The fraction of sp³-hybridized carbons (Fsp3) is 0.350. The lowest BCUT2D eigenvalue weighted by molar-refractivity contribution is -0.0164. The molecule has 0 radical (unpaired) electrons. The second kappa shape index (κ2) is 7.09. The number of aromatic nitrogens is 3. The van der Waals surface area contributed by atoms with Crippen molar-refractivity contribution >= 4 is 17.2 Å². The fourth-order valence-corrected chi connectivity index (χ4v) is 3.72. The predicted octanol–water partition coefficient (Wildman–Crippen LogP) is 1.90. The summed E-state index contributed by atoms with van der Waals surface area (Å²) in [6.45, 7) is 1.92. The minimum atomic E-state index is -0.998. The average Bonchev–Trinajstić information content (AvgIpc) is 3.21. The molecule has 2 aromatic heterocycles. The first kappa shape index (κ1) is 17.6. The van der Waals surface area contributed by atoms with Crippen molar-refractivity contribution in [3.05, 3.63) is 54.1 Å². The summed E-state index contributed by atoms with van der Waals surface area (Å²) in [5, 5.41) is 22.2. The van der Waals surface area contributed by atoms with Crippen LogP contribution >= 0.6 is 0 Å². The summed E-state index contributed by atoms with van der Waals surface area (Å²) < 4.78 is 7.96. The van der Waals surface area contributed by atoms with Gasteiger partial charge in [0, 0.05) is 36.8 Å². The zero-order valence-corrected chi connectivity index (χ0v) is 15.2. The lowest BCUT2D eigenvalue weighted by atomic mass is 10.2. The number of hydrogen-bond acceptors (Lipinski definition) is 6. The highest BCUT2D eigenvalue weighted by atomic mass is 16.5. The molecule has 7 nitrogen and oxygen atoms in total. The topological polar surface area (TPSA) is 92.8 Å². The molecule has 1 aliphatic rings. The van der Waals surface area contributed by atoms with Gasteiger partial charge in [0.05, 0.1) is 11.7 Å². The number of fused-ring (bicyclic) bond motifs is 1. The van der Waals surface area contributed by atoms with E-state index < -0.39 is 18.3 Å². The molecule has 4 atom stereocenters. The van der Waals surface area contributed by atoms with Crippen LogP contribution in [0.2, 0.25) is 0 Å². The van der Waals surface area contributed by atoms with Gasteiger partial charge in [-0.15, -0.1) is 0 Å². The summed E-state index contributed by atoms with van der Waals surface area (Å²) in [5.74, 6) is 0.635. The minimum absolute atomic E-state index is 0.330. The maximum absolute atomic E-state index is 10.7. The predicted molar refractivity (Wildman–Crippen MR) is 102 cm³/mol. The summed E-state index contributed by atoms with van der Waals surface area (Å²) >= 11 is 0. The van der Waals surface area contributed by atoms with Gasteiger partial charge in [0.15, 0.2) is 0 Å². The normalized spacial score (nSPS) is 25.5. The third-order valence-corrected chi connectivity index (χ3v) is 5.13. The van der Waals surface area contributed by atoms with E-state index in [2.05, 4.69) is 15.0 Å². The Morgan fingerprint density at radius 2 is 2.00 bits per heavy atom. The lowest BCUT2D eigenvalue weighted by Crippen LogP contribution is -2.34. The summed E-state index contributed by atoms with van der Waals surface area (Å²) in [6.07, 6.45) is 3.09. The second-order valence-corrected chi connectivity index (χ2v) is 6.79. The molecule has 0 amide bonds. The number of aryl methyl sites for hydroxylation is 1. The molecular formula is C20H22N4O3. The molecule has 2 N–H and O–H groups in total. The number of aliphatic hydroxyl groups is 2. The molecule has 3 aromatic rings. The smallest absolute Gasteiger partial charge is 0.143 e. The van der Waals surface area contributed by atoms with E-state index in [-0.39, 0.29) is 6.04 Å². The Bertz CT molecular complexity index is 984. The maximum Gasteiger partial charge on any atom is 0.143 e. The Morgan fingerprint density at radius 1 is 1.19 bits per heavy atom. The molecule has 1 aromatic carbocycles. The van der Waals surface area contributed by atoms with Gasteiger partial charge in [0.2, 0.25) is 0 Å². The molecule has 1 fully saturated rings. The van der Waals surface area contributed by atoms with Crippen LogP contribution in [0.4, 0.5) is 0 Å². The largest absolute Gasteiger partial charge is 0.487 e. The first-order chi connectivity index (χ1) is 13.1. The molecule has 4 rings (SSSR count). The van der Waals surface area contributed by atoms with Crippen molar-refractivity contribution in [1.29, 1.82) is 0 Å². The van der Waals surface area contributed by atoms with Crippen LogP contribution in [0.3, 0.4) is 0 Å². The van der Waals surface area contributed by atoms with E-state index in [0.717, 1.165) is 22.3 Å². The SMILES string of the molecule is C/N=C/c1ccccc1O[C@H]1C[C@@H](n2ccc3c(C)ncnc32)[C@H](O)[C@@H]1O. The minimum Gasteiger partial charge on any atom is -0.487 e. The molecule has 7 heteroatoms. The molecular weight excluding hydrogens is 344 g/mol. The standard InChI is InChI=1S/C20H22N4O3/c1-12-14-7-8-24(20(14)23-11-22-12)15-9-17(19(26)18(15)25)27-16-6-4-3-5-13(16)10-21-2/h3-8,10-11,15,17-19,25-26H,9H2,1-2H3/b21-10+/t15-,17+,18+,19-/m1/s1. The molecule has 27 heavy (non-hydrogen) atoms. The Kier molecular flexibility index (Phi) is 4.63. The Balaban J connectivity index is 1.62. The monoisotopic (exact) mass is 366 g/mol. The quantitative estimate of drug-likeness (QED) is 0.688. The molecule has 1 aliphatic carbocycles. The number of nitrogens with zero attached hydrogens (tertiary/aromatic N) is 4. The van der Waals surface area contributed by atoms with Gasteiger partial charge in [-0.3, -0.25) is 4.99 Å². The Hall–Kier alpha value is -2.77. The fourth-order valence-electron chi connectivity index (χ4n) is 3.72. The van der Waals surface area contributed by atoms with Gasteiger partial charge >= 0.3 is 0 Å². The Labute approximate surface area is 157 Å². The maximum atomic E-state index is 10.7. The molecule has 0 saturated heterocycles. The number of hydrogen-bond donors (Lipinski definition) is 2. The van der Waals surface area contributed by atoms with E-state index in [1.807, 2.05) is 48.0 Å². The number of aliphatic hydroxyl groups excluding tert-OH is 2. The highest BCUT2D eigenvalue weighted by Crippen LogP contribution is 2.36. The van der Waals surface area contributed by atoms with Crippen molar-refractivity contribution in [3.8, 4) is 5.75 Å². The number of aliphatic imine (C=N–C) groups is 1. The zero-order chi connectivity index (χ0) is 19.0. The van der Waals surface area contributed by atoms with Crippen molar-refractivity contribution < 1.29 is 14.9 Å². The van der Waals surface area contributed by atoms with Crippen molar-refractivity contribution in [2.75, 3.05) is 7.05 Å². The van der Waals surface area contributed by atoms with Gasteiger partial charge in [0.25, 0.3) is 0 Å². The summed E-state index contributed by atoms with van der Waals surface area (Å²) in [5.41, 5.74) is 2.46. The van der Waals surface area contributed by atoms with Crippen LogP contribution in [-0.2, 0) is 0 Å². The van der Waals surface area contributed by atoms with Crippen LogP contribution < -0.4 is 4.74 Å². The van der Waals surface area contributed by atoms with Crippen molar-refractivity contribution in [2.45, 2.75) is 37.7 Å². The summed E-state index contributed by atoms with van der Waals surface area (Å²) in [6, 6.07) is 9.12. The highest BCUT2D eigenvalue weighted by Gasteiger charge is 2.44. The van der Waals surface area contributed by atoms with E-state index in [0.29, 0.717) is 12.2 Å². The van der Waals surface area contributed by atoms with Gasteiger partial charge in [-0.25, -0.2) is 9.97 Å². The molecule has 0 bridgehead atoms. The molecule has 0 unspecified atom stereocenters. The van der Waals surface area contributed by atoms with Crippen molar-refractivity contribution in [2.24, 2.45) is 4.99 Å². The third kappa shape index (κ3) is 3.09. The van der Waals surface area contributed by atoms with E-state index >= 15 is 0 Å². The summed E-state index contributed by atoms with van der Waals surface area (Å²) in [4.78, 5) is 12.6. The first-order valence-electron chi connectivity index (χ1n) is 8.92. The van der Waals surface area contributed by atoms with Crippen LogP contribution in [0.1, 0.15) is 23.7 Å². The van der Waals surface area contributed by atoms with Crippen LogP contribution in [0.25, 0.3) is 11.0 Å². The first-order valence-corrected chi connectivity index (χ1v) is 8.92. The third-order valence-electron chi connectivity index (χ3n) is 5.13. The van der Waals surface area contributed by atoms with Crippen molar-refractivity contribution in [3.63, 3.8) is 0 Å². The average molecular weight is 366 g/mol. The number of ether oxygens (including phenoxy) is 1. The second-order valence-electron chi connectivity index (χ2n) is 6.79.